The van der Waals surface area contributed by atoms with Crippen LogP contribution in [-0.4, -0.2) is 66.7 Å². The van der Waals surface area contributed by atoms with Crippen molar-refractivity contribution in [3.8, 4) is 11.8 Å². The van der Waals surface area contributed by atoms with Gasteiger partial charge in [0.25, 0.3) is 0 Å². The Balaban J connectivity index is 1.28. The van der Waals surface area contributed by atoms with Crippen LogP contribution in [0.15, 0.2) is 12.1 Å². The maximum Gasteiger partial charge on any atom is 0.320 e. The Morgan fingerprint density at radius 2 is 2.16 bits per heavy atom. The summed E-state index contributed by atoms with van der Waals surface area (Å²) in [5.41, 5.74) is 0. The lowest BCUT2D eigenvalue weighted by Gasteiger charge is -2.45. The van der Waals surface area contributed by atoms with Crippen molar-refractivity contribution in [3.05, 3.63) is 21.3 Å². The van der Waals surface area contributed by atoms with Crippen LogP contribution in [0.4, 0.5) is 4.79 Å². The van der Waals surface area contributed by atoms with E-state index in [1.54, 1.807) is 4.90 Å². The average Bonchev–Trinajstić information content (AvgIpc) is 2.97. The number of thiophene rings is 1. The fourth-order valence-electron chi connectivity index (χ4n) is 3.35. The van der Waals surface area contributed by atoms with E-state index in [0.29, 0.717) is 26.2 Å². The van der Waals surface area contributed by atoms with Gasteiger partial charge in [-0.2, -0.15) is 0 Å². The smallest absolute Gasteiger partial charge is 0.320 e. The zero-order chi connectivity index (χ0) is 17.4. The van der Waals surface area contributed by atoms with E-state index in [1.165, 1.54) is 11.3 Å². The number of ether oxygens (including phenoxy) is 1. The normalized spacial score (nSPS) is 26.2. The van der Waals surface area contributed by atoms with E-state index in [0.717, 1.165) is 15.6 Å². The predicted octanol–water partition coefficient (Wildman–Crippen LogP) is 1.39. The van der Waals surface area contributed by atoms with Gasteiger partial charge in [0.1, 0.15) is 6.61 Å². The first-order chi connectivity index (χ1) is 12.1. The fourth-order valence-corrected chi connectivity index (χ4v) is 4.26. The highest BCUT2D eigenvalue weighted by Gasteiger charge is 2.39. The zero-order valence-corrected chi connectivity index (χ0v) is 15.1. The van der Waals surface area contributed by atoms with Crippen LogP contribution >= 0.6 is 22.9 Å². The Morgan fingerprint density at radius 1 is 1.32 bits per heavy atom. The number of nitrogens with one attached hydrogen (secondary N) is 1. The number of carbonyl (C=O) groups is 2. The third-order valence-corrected chi connectivity index (χ3v) is 5.87. The van der Waals surface area contributed by atoms with E-state index in [9.17, 15) is 9.59 Å². The van der Waals surface area contributed by atoms with E-state index in [4.69, 9.17) is 16.3 Å². The molecule has 0 saturated carbocycles. The summed E-state index contributed by atoms with van der Waals surface area (Å²) in [4.78, 5) is 28.6. The molecule has 132 valence electrons. The summed E-state index contributed by atoms with van der Waals surface area (Å²) in [6.07, 6.45) is 0.779. The summed E-state index contributed by atoms with van der Waals surface area (Å²) < 4.78 is 6.26. The Morgan fingerprint density at radius 3 is 2.92 bits per heavy atom. The van der Waals surface area contributed by atoms with Crippen LogP contribution in [0.5, 0.6) is 0 Å². The molecule has 3 amide bonds. The highest BCUT2D eigenvalue weighted by molar-refractivity contribution is 7.16. The lowest BCUT2D eigenvalue weighted by atomic mass is 9.99. The fraction of sp³-hybridized carbons (Fsp3) is 0.529. The summed E-state index contributed by atoms with van der Waals surface area (Å²) in [6.45, 7) is 2.60. The molecular formula is C17H18ClN3O3S. The highest BCUT2D eigenvalue weighted by Crippen LogP contribution is 2.23. The lowest BCUT2D eigenvalue weighted by Crippen LogP contribution is -2.64. The van der Waals surface area contributed by atoms with Gasteiger partial charge in [0.05, 0.1) is 27.3 Å². The number of morpholine rings is 1. The topological polar surface area (TPSA) is 61.9 Å². The molecule has 3 aliphatic heterocycles. The van der Waals surface area contributed by atoms with E-state index < -0.39 is 0 Å². The van der Waals surface area contributed by atoms with E-state index in [2.05, 4.69) is 17.2 Å². The third kappa shape index (κ3) is 3.61. The first-order valence-corrected chi connectivity index (χ1v) is 9.49. The van der Waals surface area contributed by atoms with Gasteiger partial charge in [-0.15, -0.1) is 11.3 Å². The zero-order valence-electron chi connectivity index (χ0n) is 13.5. The van der Waals surface area contributed by atoms with Crippen LogP contribution in [0.2, 0.25) is 4.34 Å². The first kappa shape index (κ1) is 16.7. The second-order valence-electron chi connectivity index (χ2n) is 6.52. The molecule has 1 aromatic rings. The van der Waals surface area contributed by atoms with Crippen molar-refractivity contribution in [1.29, 1.82) is 0 Å². The number of halogens is 1. The SMILES string of the molecule is O=C1CO[C@H]2CCN(C(=O)N3CC(C#Cc4ccc(Cl)s4)C3)C[C@H]2N1. The predicted molar refractivity (Wildman–Crippen MR) is 94.5 cm³/mol. The highest BCUT2D eigenvalue weighted by atomic mass is 35.5. The molecule has 8 heteroatoms. The molecule has 0 radical (unpaired) electrons. The van der Waals surface area contributed by atoms with Crippen molar-refractivity contribution in [1.82, 2.24) is 15.1 Å². The van der Waals surface area contributed by atoms with E-state index in [-0.39, 0.29) is 36.6 Å². The van der Waals surface area contributed by atoms with Gasteiger partial charge in [0.2, 0.25) is 5.91 Å². The molecule has 0 aliphatic carbocycles. The van der Waals surface area contributed by atoms with Gasteiger partial charge >= 0.3 is 6.03 Å². The van der Waals surface area contributed by atoms with Gasteiger partial charge in [-0.25, -0.2) is 4.79 Å². The Bertz CT molecular complexity index is 750. The van der Waals surface area contributed by atoms with Gasteiger partial charge in [-0.1, -0.05) is 23.4 Å². The maximum absolute atomic E-state index is 12.6. The number of hydrogen-bond acceptors (Lipinski definition) is 4. The van der Waals surface area contributed by atoms with Crippen LogP contribution < -0.4 is 5.32 Å². The molecule has 3 saturated heterocycles. The molecule has 6 nitrogen and oxygen atoms in total. The van der Waals surface area contributed by atoms with Crippen LogP contribution in [0, 0.1) is 17.8 Å². The second kappa shape index (κ2) is 6.87. The molecule has 3 fully saturated rings. The minimum atomic E-state index is -0.108. The molecule has 4 heterocycles. The van der Waals surface area contributed by atoms with E-state index in [1.807, 2.05) is 17.0 Å². The second-order valence-corrected chi connectivity index (χ2v) is 8.23. The molecule has 25 heavy (non-hydrogen) atoms. The standard InChI is InChI=1S/C17H18ClN3O3S/c18-15-4-3-12(25-15)2-1-11-7-21(8-11)17(23)20-6-5-14-13(9-20)19-16(22)10-24-14/h3-4,11,13-14H,5-10H2,(H,19,22)/t13-,14+/m1/s1. The summed E-state index contributed by atoms with van der Waals surface area (Å²) >= 11 is 7.35. The number of piperidine rings is 1. The van der Waals surface area contributed by atoms with Crippen LogP contribution in [0.1, 0.15) is 11.3 Å². The molecule has 3 aliphatic rings. The number of carbonyl (C=O) groups excluding carboxylic acids is 2. The molecule has 1 N–H and O–H groups in total. The maximum atomic E-state index is 12.6. The summed E-state index contributed by atoms with van der Waals surface area (Å²) in [6, 6.07) is 3.67. The molecule has 0 spiro atoms. The number of urea groups is 1. The molecule has 1 aromatic heterocycles. The average molecular weight is 380 g/mol. The number of fused-ring (bicyclic) bond motifs is 1. The van der Waals surface area contributed by atoms with Crippen molar-refractivity contribution >= 4 is 34.9 Å². The van der Waals surface area contributed by atoms with Crippen molar-refractivity contribution in [2.24, 2.45) is 5.92 Å². The number of hydrogen-bond donors (Lipinski definition) is 1. The molecule has 0 unspecified atom stereocenters. The number of rotatable bonds is 0. The summed E-state index contributed by atoms with van der Waals surface area (Å²) in [5.74, 6) is 6.42. The largest absolute Gasteiger partial charge is 0.366 e. The number of likely N-dealkylation sites (tertiary alicyclic amines) is 2. The van der Waals surface area contributed by atoms with Crippen LogP contribution in [-0.2, 0) is 9.53 Å². The van der Waals surface area contributed by atoms with Crippen LogP contribution in [0.25, 0.3) is 0 Å². The number of amides is 3. The van der Waals surface area contributed by atoms with Gasteiger partial charge in [0.15, 0.2) is 0 Å². The van der Waals surface area contributed by atoms with Crippen molar-refractivity contribution in [3.63, 3.8) is 0 Å². The molecular weight excluding hydrogens is 362 g/mol. The quantitative estimate of drug-likeness (QED) is 0.693. The first-order valence-electron chi connectivity index (χ1n) is 8.30. The minimum Gasteiger partial charge on any atom is -0.366 e. The minimum absolute atomic E-state index is 0.0226. The monoisotopic (exact) mass is 379 g/mol. The van der Waals surface area contributed by atoms with Crippen LogP contribution in [0.3, 0.4) is 0 Å². The molecule has 4 rings (SSSR count). The summed E-state index contributed by atoms with van der Waals surface area (Å²) in [5, 5.41) is 2.92. The summed E-state index contributed by atoms with van der Waals surface area (Å²) in [7, 11) is 0. The van der Waals surface area contributed by atoms with E-state index >= 15 is 0 Å². The van der Waals surface area contributed by atoms with Crippen molar-refractivity contribution in [2.45, 2.75) is 18.6 Å². The van der Waals surface area contributed by atoms with Gasteiger partial charge in [0, 0.05) is 26.2 Å². The Labute approximate surface area is 155 Å². The molecule has 0 aromatic carbocycles. The van der Waals surface area contributed by atoms with Gasteiger partial charge in [-0.3, -0.25) is 4.79 Å². The van der Waals surface area contributed by atoms with Gasteiger partial charge in [-0.05, 0) is 18.6 Å². The number of nitrogens with zero attached hydrogens (tertiary/aromatic N) is 2. The lowest BCUT2D eigenvalue weighted by molar-refractivity contribution is -0.139. The Hall–Kier alpha value is -1.75. The molecule has 2 atom stereocenters. The third-order valence-electron chi connectivity index (χ3n) is 4.72. The van der Waals surface area contributed by atoms with Crippen molar-refractivity contribution < 1.29 is 14.3 Å². The molecule has 0 bridgehead atoms. The van der Waals surface area contributed by atoms with Gasteiger partial charge < -0.3 is 19.9 Å². The Kier molecular flexibility index (Phi) is 4.59. The van der Waals surface area contributed by atoms with Crippen molar-refractivity contribution in [2.75, 3.05) is 32.8 Å².